The van der Waals surface area contributed by atoms with Crippen molar-refractivity contribution in [1.29, 1.82) is 0 Å². The molecule has 102 valence electrons. The molecule has 0 saturated carbocycles. The predicted molar refractivity (Wildman–Crippen MR) is 78.1 cm³/mol. The van der Waals surface area contributed by atoms with E-state index in [1.807, 2.05) is 19.1 Å². The van der Waals surface area contributed by atoms with Gasteiger partial charge < -0.3 is 0 Å². The highest BCUT2D eigenvalue weighted by Crippen LogP contribution is 2.23. The van der Waals surface area contributed by atoms with Crippen LogP contribution in [0.5, 0.6) is 0 Å². The Hall–Kier alpha value is -2.34. The summed E-state index contributed by atoms with van der Waals surface area (Å²) in [4.78, 5) is 0.244. The molecule has 2 aromatic carbocycles. The van der Waals surface area contributed by atoms with Gasteiger partial charge in [-0.15, -0.1) is 0 Å². The Balaban J connectivity index is 2.04. The standard InChI is InChI=1S/C14H13N3O2S/c1-10-4-2-6-12(8-10)20(18,19)17-13-7-3-5-11-9-15-16-14(11)13/h2-9,17H,1H3,(H,15,16). The van der Waals surface area contributed by atoms with Crippen LogP contribution in [0.25, 0.3) is 10.9 Å². The second kappa shape index (κ2) is 4.64. The Morgan fingerprint density at radius 1 is 1.15 bits per heavy atom. The molecule has 5 nitrogen and oxygen atoms in total. The van der Waals surface area contributed by atoms with Crippen LogP contribution >= 0.6 is 0 Å². The largest absolute Gasteiger partial charge is 0.277 e. The van der Waals surface area contributed by atoms with E-state index in [4.69, 9.17) is 0 Å². The molecule has 0 aliphatic rings. The molecule has 0 radical (unpaired) electrons. The van der Waals surface area contributed by atoms with Crippen LogP contribution < -0.4 is 4.72 Å². The van der Waals surface area contributed by atoms with Gasteiger partial charge >= 0.3 is 0 Å². The summed E-state index contributed by atoms with van der Waals surface area (Å²) in [7, 11) is -3.60. The van der Waals surface area contributed by atoms with Crippen LogP contribution in [0.15, 0.2) is 53.6 Å². The summed E-state index contributed by atoms with van der Waals surface area (Å²) in [6.07, 6.45) is 1.65. The van der Waals surface area contributed by atoms with Crippen LogP contribution in [-0.2, 0) is 10.0 Å². The Bertz CT molecular complexity index is 869. The molecule has 2 N–H and O–H groups in total. The van der Waals surface area contributed by atoms with Gasteiger partial charge in [0.15, 0.2) is 0 Å². The summed E-state index contributed by atoms with van der Waals surface area (Å²) in [6.45, 7) is 1.86. The highest BCUT2D eigenvalue weighted by molar-refractivity contribution is 7.92. The molecule has 0 aliphatic heterocycles. The van der Waals surface area contributed by atoms with E-state index in [9.17, 15) is 8.42 Å². The molecule has 0 aliphatic carbocycles. The van der Waals surface area contributed by atoms with E-state index in [2.05, 4.69) is 14.9 Å². The molecule has 20 heavy (non-hydrogen) atoms. The third-order valence-corrected chi connectivity index (χ3v) is 4.38. The number of sulfonamides is 1. The number of nitrogens with one attached hydrogen (secondary N) is 2. The molecule has 0 fully saturated rings. The number of H-pyrrole nitrogens is 1. The maximum absolute atomic E-state index is 12.4. The fourth-order valence-corrected chi connectivity index (χ4v) is 3.22. The number of nitrogens with zero attached hydrogens (tertiary/aromatic N) is 1. The highest BCUT2D eigenvalue weighted by atomic mass is 32.2. The van der Waals surface area contributed by atoms with Gasteiger partial charge in [-0.2, -0.15) is 5.10 Å². The van der Waals surface area contributed by atoms with E-state index in [0.29, 0.717) is 11.2 Å². The summed E-state index contributed by atoms with van der Waals surface area (Å²) in [5.41, 5.74) is 2.05. The predicted octanol–water partition coefficient (Wildman–Crippen LogP) is 2.67. The van der Waals surface area contributed by atoms with Crippen LogP contribution in [0, 0.1) is 6.92 Å². The third-order valence-electron chi connectivity index (χ3n) is 3.02. The lowest BCUT2D eigenvalue weighted by Gasteiger charge is -2.09. The van der Waals surface area contributed by atoms with Gasteiger partial charge in [0, 0.05) is 5.39 Å². The van der Waals surface area contributed by atoms with Gasteiger partial charge in [0.25, 0.3) is 10.0 Å². The average molecular weight is 287 g/mol. The van der Waals surface area contributed by atoms with Crippen molar-refractivity contribution in [3.8, 4) is 0 Å². The molecule has 1 aromatic heterocycles. The minimum Gasteiger partial charge on any atom is -0.277 e. The maximum atomic E-state index is 12.4. The van der Waals surface area contributed by atoms with Crippen molar-refractivity contribution in [2.75, 3.05) is 4.72 Å². The molecule has 0 amide bonds. The quantitative estimate of drug-likeness (QED) is 0.777. The zero-order chi connectivity index (χ0) is 14.2. The maximum Gasteiger partial charge on any atom is 0.261 e. The number of aromatic amines is 1. The minimum atomic E-state index is -3.60. The van der Waals surface area contributed by atoms with E-state index in [1.54, 1.807) is 36.5 Å². The van der Waals surface area contributed by atoms with Gasteiger partial charge in [-0.3, -0.25) is 9.82 Å². The van der Waals surface area contributed by atoms with Crippen molar-refractivity contribution in [2.45, 2.75) is 11.8 Å². The van der Waals surface area contributed by atoms with Crippen LogP contribution in [0.1, 0.15) is 5.56 Å². The molecule has 0 unspecified atom stereocenters. The summed E-state index contributed by atoms with van der Waals surface area (Å²) in [5, 5.41) is 7.57. The van der Waals surface area contributed by atoms with E-state index >= 15 is 0 Å². The lowest BCUT2D eigenvalue weighted by molar-refractivity contribution is 0.601. The Morgan fingerprint density at radius 2 is 1.95 bits per heavy atom. The molecule has 0 bridgehead atoms. The zero-order valence-corrected chi connectivity index (χ0v) is 11.6. The minimum absolute atomic E-state index is 0.244. The topological polar surface area (TPSA) is 74.8 Å². The van der Waals surface area contributed by atoms with Gasteiger partial charge in [0.05, 0.1) is 22.3 Å². The number of aromatic nitrogens is 2. The number of hydrogen-bond acceptors (Lipinski definition) is 3. The zero-order valence-electron chi connectivity index (χ0n) is 10.8. The number of aryl methyl sites for hydroxylation is 1. The Morgan fingerprint density at radius 3 is 2.75 bits per heavy atom. The smallest absolute Gasteiger partial charge is 0.261 e. The average Bonchev–Trinajstić information content (AvgIpc) is 2.88. The summed E-state index contributed by atoms with van der Waals surface area (Å²) < 4.78 is 27.3. The molecule has 0 saturated heterocycles. The number of fused-ring (bicyclic) bond motifs is 1. The molecule has 0 atom stereocenters. The summed E-state index contributed by atoms with van der Waals surface area (Å²) in [6, 6.07) is 12.1. The van der Waals surface area contributed by atoms with E-state index in [0.717, 1.165) is 10.9 Å². The Kier molecular flexibility index (Phi) is 2.94. The Labute approximate surface area is 116 Å². The lowest BCUT2D eigenvalue weighted by atomic mass is 10.2. The monoisotopic (exact) mass is 287 g/mol. The molecule has 3 aromatic rings. The first-order valence-corrected chi connectivity index (χ1v) is 7.56. The first-order valence-electron chi connectivity index (χ1n) is 6.08. The van der Waals surface area contributed by atoms with E-state index < -0.39 is 10.0 Å². The fraction of sp³-hybridized carbons (Fsp3) is 0.0714. The number of para-hydroxylation sites is 1. The normalized spacial score (nSPS) is 11.7. The lowest BCUT2D eigenvalue weighted by Crippen LogP contribution is -2.13. The third kappa shape index (κ3) is 2.25. The second-order valence-corrected chi connectivity index (χ2v) is 6.24. The van der Waals surface area contributed by atoms with E-state index in [1.165, 1.54) is 0 Å². The summed E-state index contributed by atoms with van der Waals surface area (Å²) in [5.74, 6) is 0. The van der Waals surface area contributed by atoms with Gasteiger partial charge in [0.1, 0.15) is 0 Å². The van der Waals surface area contributed by atoms with Crippen molar-refractivity contribution in [3.63, 3.8) is 0 Å². The van der Waals surface area contributed by atoms with E-state index in [-0.39, 0.29) is 4.90 Å². The SMILES string of the molecule is Cc1cccc(S(=O)(=O)Nc2cccc3cn[nH]c23)c1. The van der Waals surface area contributed by atoms with Crippen molar-refractivity contribution in [3.05, 3.63) is 54.2 Å². The van der Waals surface area contributed by atoms with Crippen LogP contribution in [0.3, 0.4) is 0 Å². The van der Waals surface area contributed by atoms with Crippen molar-refractivity contribution in [1.82, 2.24) is 10.2 Å². The molecule has 6 heteroatoms. The van der Waals surface area contributed by atoms with Gasteiger partial charge in [-0.05, 0) is 30.7 Å². The molecular weight excluding hydrogens is 274 g/mol. The first kappa shape index (κ1) is 12.7. The highest BCUT2D eigenvalue weighted by Gasteiger charge is 2.15. The number of hydrogen-bond donors (Lipinski definition) is 2. The number of benzene rings is 2. The van der Waals surface area contributed by atoms with Crippen LogP contribution in [-0.4, -0.2) is 18.6 Å². The molecule has 0 spiro atoms. The second-order valence-electron chi connectivity index (χ2n) is 4.56. The van der Waals surface area contributed by atoms with Crippen molar-refractivity contribution in [2.24, 2.45) is 0 Å². The number of rotatable bonds is 3. The first-order chi connectivity index (χ1) is 9.56. The summed E-state index contributed by atoms with van der Waals surface area (Å²) >= 11 is 0. The molecule has 3 rings (SSSR count). The van der Waals surface area contributed by atoms with Gasteiger partial charge in [-0.1, -0.05) is 24.3 Å². The van der Waals surface area contributed by atoms with Crippen LogP contribution in [0.2, 0.25) is 0 Å². The van der Waals surface area contributed by atoms with Crippen molar-refractivity contribution >= 4 is 26.6 Å². The molecule has 1 heterocycles. The van der Waals surface area contributed by atoms with Gasteiger partial charge in [0.2, 0.25) is 0 Å². The van der Waals surface area contributed by atoms with Crippen molar-refractivity contribution < 1.29 is 8.42 Å². The molecular formula is C14H13N3O2S. The van der Waals surface area contributed by atoms with Crippen LogP contribution in [0.4, 0.5) is 5.69 Å². The number of anilines is 1. The fourth-order valence-electron chi connectivity index (χ4n) is 2.04. The van der Waals surface area contributed by atoms with Gasteiger partial charge in [-0.25, -0.2) is 8.42 Å².